The summed E-state index contributed by atoms with van der Waals surface area (Å²) in [5.74, 6) is -5.65. The first-order valence-corrected chi connectivity index (χ1v) is 14.9. The SMILES string of the molecule is CCC(C)[C@H](NC(=O)[C@@H](NC(=O)CCC(=O)O)C1CCCCC1)C(=O)N[C@H](C(=O)N[C@@H](CS)C(=O)O)c1ccccc1. The molecule has 12 nitrogen and oxygen atoms in total. The molecule has 1 fully saturated rings. The number of carboxylic acid groups (broad SMARTS) is 2. The first-order valence-electron chi connectivity index (χ1n) is 14.3. The number of carbonyl (C=O) groups excluding carboxylic acids is 4. The number of carbonyl (C=O) groups is 6. The van der Waals surface area contributed by atoms with E-state index in [0.717, 1.165) is 19.3 Å². The molecule has 1 aliphatic carbocycles. The summed E-state index contributed by atoms with van der Waals surface area (Å²) < 4.78 is 0. The Morgan fingerprint density at radius 1 is 0.857 bits per heavy atom. The van der Waals surface area contributed by atoms with Gasteiger partial charge in [-0.3, -0.25) is 24.0 Å². The maximum Gasteiger partial charge on any atom is 0.327 e. The number of aliphatic carboxylic acids is 2. The van der Waals surface area contributed by atoms with Crippen LogP contribution in [0.1, 0.15) is 76.8 Å². The summed E-state index contributed by atoms with van der Waals surface area (Å²) in [5, 5.41) is 28.9. The average Bonchev–Trinajstić information content (AvgIpc) is 2.98. The molecule has 0 saturated heterocycles. The second-order valence-electron chi connectivity index (χ2n) is 10.6. The number of nitrogens with one attached hydrogen (secondary N) is 4. The Bertz CT molecular complexity index is 1100. The summed E-state index contributed by atoms with van der Waals surface area (Å²) in [7, 11) is 0. The standard InChI is InChI=1S/C29H42N4O8S/c1-3-17(2)23(32-28(39)24(18-10-6-4-7-11-18)31-21(34)14-15-22(35)36)26(37)33-25(19-12-8-5-9-13-19)27(38)30-20(16-42)29(40)41/h5,8-9,12-13,17-18,20,23-25,42H,3-4,6-7,10-11,14-16H2,1-2H3,(H,30,38)(H,31,34)(H,32,39)(H,33,37)(H,35,36)(H,40,41)/t17?,20-,23-,24-,25-/m0/s1. The molecule has 0 spiro atoms. The van der Waals surface area contributed by atoms with Gasteiger partial charge in [0.2, 0.25) is 23.6 Å². The molecule has 5 atom stereocenters. The van der Waals surface area contributed by atoms with Crippen molar-refractivity contribution in [3.63, 3.8) is 0 Å². The van der Waals surface area contributed by atoms with Gasteiger partial charge in [-0.25, -0.2) is 4.79 Å². The maximum absolute atomic E-state index is 13.7. The van der Waals surface area contributed by atoms with Crippen molar-refractivity contribution in [1.82, 2.24) is 21.3 Å². The van der Waals surface area contributed by atoms with Crippen LogP contribution in [0.4, 0.5) is 0 Å². The molecule has 1 aromatic carbocycles. The lowest BCUT2D eigenvalue weighted by Crippen LogP contribution is -2.59. The van der Waals surface area contributed by atoms with E-state index in [-0.39, 0.29) is 30.4 Å². The molecule has 2 rings (SSSR count). The van der Waals surface area contributed by atoms with Crippen molar-refractivity contribution in [2.45, 2.75) is 89.4 Å². The Morgan fingerprint density at radius 3 is 2.05 bits per heavy atom. The first kappa shape index (κ1) is 34.6. The summed E-state index contributed by atoms with van der Waals surface area (Å²) in [4.78, 5) is 75.4. The van der Waals surface area contributed by atoms with E-state index >= 15 is 0 Å². The van der Waals surface area contributed by atoms with E-state index in [2.05, 4.69) is 33.9 Å². The van der Waals surface area contributed by atoms with Gasteiger partial charge < -0.3 is 31.5 Å². The van der Waals surface area contributed by atoms with E-state index < -0.39 is 59.7 Å². The van der Waals surface area contributed by atoms with Gasteiger partial charge in [0, 0.05) is 12.2 Å². The van der Waals surface area contributed by atoms with E-state index in [0.29, 0.717) is 24.8 Å². The van der Waals surface area contributed by atoms with Gasteiger partial charge in [-0.1, -0.05) is 69.9 Å². The van der Waals surface area contributed by atoms with Crippen molar-refractivity contribution in [1.29, 1.82) is 0 Å². The zero-order valence-electron chi connectivity index (χ0n) is 24.0. The highest BCUT2D eigenvalue weighted by Crippen LogP contribution is 2.27. The van der Waals surface area contributed by atoms with Crippen molar-refractivity contribution in [2.24, 2.45) is 11.8 Å². The molecule has 0 aliphatic heterocycles. The number of thiol groups is 1. The van der Waals surface area contributed by atoms with Gasteiger partial charge in [0.1, 0.15) is 24.2 Å². The fourth-order valence-electron chi connectivity index (χ4n) is 4.89. The second kappa shape index (κ2) is 17.4. The van der Waals surface area contributed by atoms with Crippen LogP contribution in [0.5, 0.6) is 0 Å². The first-order chi connectivity index (χ1) is 20.0. The number of carboxylic acids is 2. The monoisotopic (exact) mass is 606 g/mol. The lowest BCUT2D eigenvalue weighted by atomic mass is 9.83. The molecule has 0 radical (unpaired) electrons. The van der Waals surface area contributed by atoms with Gasteiger partial charge in [0.05, 0.1) is 6.42 Å². The second-order valence-corrected chi connectivity index (χ2v) is 11.0. The topological polar surface area (TPSA) is 191 Å². The van der Waals surface area contributed by atoms with E-state index in [1.165, 1.54) is 0 Å². The van der Waals surface area contributed by atoms with Gasteiger partial charge in [-0.2, -0.15) is 12.6 Å². The van der Waals surface area contributed by atoms with E-state index in [1.807, 2.05) is 6.92 Å². The van der Waals surface area contributed by atoms with Crippen molar-refractivity contribution in [3.8, 4) is 0 Å². The highest BCUT2D eigenvalue weighted by molar-refractivity contribution is 7.80. The Hall–Kier alpha value is -3.61. The van der Waals surface area contributed by atoms with Crippen LogP contribution in [-0.2, 0) is 28.8 Å². The predicted octanol–water partition coefficient (Wildman–Crippen LogP) is 1.80. The maximum atomic E-state index is 13.7. The fraction of sp³-hybridized carbons (Fsp3) is 0.586. The Labute approximate surface area is 251 Å². The van der Waals surface area contributed by atoms with Crippen LogP contribution in [0.3, 0.4) is 0 Å². The molecule has 0 bridgehead atoms. The lowest BCUT2D eigenvalue weighted by molar-refractivity contribution is -0.142. The quantitative estimate of drug-likeness (QED) is 0.139. The number of benzene rings is 1. The third kappa shape index (κ3) is 10.7. The summed E-state index contributed by atoms with van der Waals surface area (Å²) in [6.07, 6.45) is 4.01. The van der Waals surface area contributed by atoms with Crippen LogP contribution in [0.15, 0.2) is 30.3 Å². The molecule has 1 unspecified atom stereocenters. The van der Waals surface area contributed by atoms with Gasteiger partial charge in [0.25, 0.3) is 0 Å². The minimum absolute atomic E-state index is 0.164. The van der Waals surface area contributed by atoms with E-state index in [1.54, 1.807) is 37.3 Å². The zero-order chi connectivity index (χ0) is 31.2. The zero-order valence-corrected chi connectivity index (χ0v) is 24.9. The molecule has 42 heavy (non-hydrogen) atoms. The summed E-state index contributed by atoms with van der Waals surface area (Å²) in [6, 6.07) is 3.73. The number of amides is 4. The average molecular weight is 607 g/mol. The molecule has 6 N–H and O–H groups in total. The molecule has 232 valence electrons. The van der Waals surface area contributed by atoms with Gasteiger partial charge >= 0.3 is 11.9 Å². The number of rotatable bonds is 16. The molecule has 0 aromatic heterocycles. The van der Waals surface area contributed by atoms with Crippen LogP contribution >= 0.6 is 12.6 Å². The van der Waals surface area contributed by atoms with Crippen molar-refractivity contribution >= 4 is 48.2 Å². The van der Waals surface area contributed by atoms with Crippen molar-refractivity contribution in [2.75, 3.05) is 5.75 Å². The third-order valence-electron chi connectivity index (χ3n) is 7.56. The minimum atomic E-state index is -1.28. The van der Waals surface area contributed by atoms with Crippen molar-refractivity contribution in [3.05, 3.63) is 35.9 Å². The third-order valence-corrected chi connectivity index (χ3v) is 7.92. The Morgan fingerprint density at radius 2 is 1.50 bits per heavy atom. The Balaban J connectivity index is 2.30. The smallest absolute Gasteiger partial charge is 0.327 e. The number of hydrogen-bond donors (Lipinski definition) is 7. The largest absolute Gasteiger partial charge is 0.481 e. The molecule has 13 heteroatoms. The summed E-state index contributed by atoms with van der Waals surface area (Å²) >= 11 is 3.99. The normalized spacial score (nSPS) is 17.0. The van der Waals surface area contributed by atoms with Crippen LogP contribution < -0.4 is 21.3 Å². The van der Waals surface area contributed by atoms with E-state index in [4.69, 9.17) is 5.11 Å². The summed E-state index contributed by atoms with van der Waals surface area (Å²) in [6.45, 7) is 3.61. The van der Waals surface area contributed by atoms with Crippen LogP contribution in [0, 0.1) is 11.8 Å². The van der Waals surface area contributed by atoms with Crippen LogP contribution in [0.25, 0.3) is 0 Å². The van der Waals surface area contributed by atoms with E-state index in [9.17, 15) is 33.9 Å². The van der Waals surface area contributed by atoms with Crippen LogP contribution in [-0.4, -0.2) is 69.7 Å². The van der Waals surface area contributed by atoms with Gasteiger partial charge in [-0.05, 0) is 30.2 Å². The van der Waals surface area contributed by atoms with Gasteiger partial charge in [0.15, 0.2) is 0 Å². The molecule has 0 heterocycles. The van der Waals surface area contributed by atoms with Crippen LogP contribution in [0.2, 0.25) is 0 Å². The van der Waals surface area contributed by atoms with Crippen molar-refractivity contribution < 1.29 is 39.0 Å². The summed E-state index contributed by atoms with van der Waals surface area (Å²) in [5.41, 5.74) is 0.409. The molecule has 1 aliphatic rings. The molecule has 1 saturated carbocycles. The number of hydrogen-bond acceptors (Lipinski definition) is 7. The highest BCUT2D eigenvalue weighted by atomic mass is 32.1. The molecular weight excluding hydrogens is 564 g/mol. The molecule has 1 aromatic rings. The molecular formula is C29H42N4O8S. The fourth-order valence-corrected chi connectivity index (χ4v) is 5.14. The highest BCUT2D eigenvalue weighted by Gasteiger charge is 2.36. The lowest BCUT2D eigenvalue weighted by Gasteiger charge is -2.33. The molecule has 4 amide bonds. The minimum Gasteiger partial charge on any atom is -0.481 e. The predicted molar refractivity (Wildman–Crippen MR) is 158 cm³/mol. The van der Waals surface area contributed by atoms with Gasteiger partial charge in [-0.15, -0.1) is 0 Å². The Kier molecular flexibility index (Phi) is 14.3.